The van der Waals surface area contributed by atoms with Crippen LogP contribution < -0.4 is 0 Å². The number of hydrogen-bond acceptors (Lipinski definition) is 3. The molecule has 13 heavy (non-hydrogen) atoms. The summed E-state index contributed by atoms with van der Waals surface area (Å²) in [4.78, 5) is 0. The van der Waals surface area contributed by atoms with Gasteiger partial charge in [0.25, 0.3) is 0 Å². The van der Waals surface area contributed by atoms with Crippen molar-refractivity contribution in [1.82, 2.24) is 20.2 Å². The normalized spacial score (nSPS) is 10.3. The molecule has 0 saturated carbocycles. The van der Waals surface area contributed by atoms with Gasteiger partial charge in [0.05, 0.1) is 5.69 Å². The fourth-order valence-electron chi connectivity index (χ4n) is 1.09. The molecule has 0 unspecified atom stereocenters. The summed E-state index contributed by atoms with van der Waals surface area (Å²) in [6, 6.07) is 7.97. The Morgan fingerprint density at radius 3 is 2.85 bits per heavy atom. The third kappa shape index (κ3) is 1.60. The molecule has 0 aliphatic rings. The zero-order valence-electron chi connectivity index (χ0n) is 6.98. The summed E-state index contributed by atoms with van der Waals surface area (Å²) >= 11 is 3.25. The fourth-order valence-corrected chi connectivity index (χ4v) is 1.44. The molecule has 0 radical (unpaired) electrons. The van der Waals surface area contributed by atoms with E-state index in [4.69, 9.17) is 0 Å². The van der Waals surface area contributed by atoms with Crippen LogP contribution in [0.3, 0.4) is 0 Å². The van der Waals surface area contributed by atoms with Crippen molar-refractivity contribution in [2.45, 2.75) is 6.92 Å². The van der Waals surface area contributed by atoms with E-state index >= 15 is 0 Å². The van der Waals surface area contributed by atoms with Crippen molar-refractivity contribution < 1.29 is 0 Å². The average molecular weight is 239 g/mol. The maximum atomic E-state index is 3.84. The van der Waals surface area contributed by atoms with Gasteiger partial charge in [-0.2, -0.15) is 4.68 Å². The van der Waals surface area contributed by atoms with Gasteiger partial charge in [-0.25, -0.2) is 0 Å². The molecule has 1 aromatic heterocycles. The molecular formula is C8H7BrN4. The van der Waals surface area contributed by atoms with Crippen LogP contribution in [0.15, 0.2) is 29.0 Å². The minimum absolute atomic E-state index is 0.609. The van der Waals surface area contributed by atoms with E-state index in [1.165, 1.54) is 5.56 Å². The topological polar surface area (TPSA) is 43.6 Å². The second-order valence-corrected chi connectivity index (χ2v) is 3.41. The summed E-state index contributed by atoms with van der Waals surface area (Å²) in [5, 5.41) is 11.1. The lowest BCUT2D eigenvalue weighted by molar-refractivity contribution is 0.783. The van der Waals surface area contributed by atoms with Crippen molar-refractivity contribution >= 4 is 15.9 Å². The smallest absolute Gasteiger partial charge is 0.187 e. The van der Waals surface area contributed by atoms with E-state index in [1.54, 1.807) is 4.68 Å². The molecular weight excluding hydrogens is 232 g/mol. The summed E-state index contributed by atoms with van der Waals surface area (Å²) in [7, 11) is 0. The molecule has 0 N–H and O–H groups in total. The molecule has 5 heteroatoms. The molecule has 0 fully saturated rings. The number of hydrogen-bond donors (Lipinski definition) is 0. The summed E-state index contributed by atoms with van der Waals surface area (Å²) < 4.78 is 2.24. The van der Waals surface area contributed by atoms with E-state index in [2.05, 4.69) is 31.5 Å². The van der Waals surface area contributed by atoms with Crippen LogP contribution in [0.25, 0.3) is 5.69 Å². The van der Waals surface area contributed by atoms with Crippen molar-refractivity contribution in [3.63, 3.8) is 0 Å². The summed E-state index contributed by atoms with van der Waals surface area (Å²) in [6.45, 7) is 2.03. The second kappa shape index (κ2) is 3.26. The Morgan fingerprint density at radius 1 is 1.38 bits per heavy atom. The third-order valence-corrected chi connectivity index (χ3v) is 2.17. The second-order valence-electron chi connectivity index (χ2n) is 2.70. The van der Waals surface area contributed by atoms with Gasteiger partial charge in [0.1, 0.15) is 0 Å². The van der Waals surface area contributed by atoms with E-state index in [9.17, 15) is 0 Å². The van der Waals surface area contributed by atoms with Crippen LogP contribution in [0.5, 0.6) is 0 Å². The zero-order valence-corrected chi connectivity index (χ0v) is 8.56. The van der Waals surface area contributed by atoms with Crippen LogP contribution in [0.2, 0.25) is 0 Å². The quantitative estimate of drug-likeness (QED) is 0.761. The largest absolute Gasteiger partial charge is 0.222 e. The first-order valence-electron chi connectivity index (χ1n) is 3.78. The molecule has 1 heterocycles. The molecule has 2 rings (SSSR count). The predicted molar refractivity (Wildman–Crippen MR) is 51.6 cm³/mol. The highest BCUT2D eigenvalue weighted by Gasteiger charge is 2.03. The predicted octanol–water partition coefficient (Wildman–Crippen LogP) is 1.73. The lowest BCUT2D eigenvalue weighted by Crippen LogP contribution is -1.96. The molecule has 66 valence electrons. The van der Waals surface area contributed by atoms with Crippen LogP contribution in [0.1, 0.15) is 5.56 Å². The molecule has 0 spiro atoms. The van der Waals surface area contributed by atoms with Crippen molar-refractivity contribution in [2.24, 2.45) is 0 Å². The van der Waals surface area contributed by atoms with Gasteiger partial charge in [0.2, 0.25) is 4.73 Å². The highest BCUT2D eigenvalue weighted by molar-refractivity contribution is 9.10. The lowest BCUT2D eigenvalue weighted by Gasteiger charge is -2.00. The van der Waals surface area contributed by atoms with Crippen LogP contribution in [0.4, 0.5) is 0 Å². The number of benzene rings is 1. The number of halogens is 1. The van der Waals surface area contributed by atoms with Gasteiger partial charge in [-0.1, -0.05) is 12.1 Å². The molecule has 1 aromatic carbocycles. The molecule has 0 aliphatic heterocycles. The zero-order chi connectivity index (χ0) is 9.26. The van der Waals surface area contributed by atoms with Crippen molar-refractivity contribution in [3.8, 4) is 5.69 Å². The monoisotopic (exact) mass is 238 g/mol. The SMILES string of the molecule is Cc1cccc(-n2nnnc2Br)c1. The molecule has 0 saturated heterocycles. The van der Waals surface area contributed by atoms with Gasteiger partial charge in [-0.15, -0.1) is 5.10 Å². The minimum atomic E-state index is 0.609. The fraction of sp³-hybridized carbons (Fsp3) is 0.125. The van der Waals surface area contributed by atoms with Gasteiger partial charge >= 0.3 is 0 Å². The van der Waals surface area contributed by atoms with Crippen molar-refractivity contribution in [1.29, 1.82) is 0 Å². The van der Waals surface area contributed by atoms with Gasteiger partial charge in [0.15, 0.2) is 0 Å². The summed E-state index contributed by atoms with van der Waals surface area (Å²) in [6.07, 6.45) is 0. The Bertz CT molecular complexity index is 424. The Balaban J connectivity index is 2.53. The number of nitrogens with zero attached hydrogens (tertiary/aromatic N) is 4. The highest BCUT2D eigenvalue weighted by atomic mass is 79.9. The lowest BCUT2D eigenvalue weighted by atomic mass is 10.2. The molecule has 0 amide bonds. The molecule has 0 bridgehead atoms. The molecule has 0 aliphatic carbocycles. The summed E-state index contributed by atoms with van der Waals surface area (Å²) in [5.41, 5.74) is 2.14. The number of aryl methyl sites for hydroxylation is 1. The minimum Gasteiger partial charge on any atom is -0.187 e. The van der Waals surface area contributed by atoms with Crippen LogP contribution in [-0.2, 0) is 0 Å². The van der Waals surface area contributed by atoms with Crippen LogP contribution in [0, 0.1) is 6.92 Å². The van der Waals surface area contributed by atoms with Gasteiger partial charge in [-0.3, -0.25) is 0 Å². The Kier molecular flexibility index (Phi) is 2.10. The first-order valence-corrected chi connectivity index (χ1v) is 4.57. The number of aromatic nitrogens is 4. The van der Waals surface area contributed by atoms with E-state index in [1.807, 2.05) is 31.2 Å². The number of tetrazole rings is 1. The van der Waals surface area contributed by atoms with Crippen molar-refractivity contribution in [2.75, 3.05) is 0 Å². The van der Waals surface area contributed by atoms with E-state index in [0.717, 1.165) is 5.69 Å². The van der Waals surface area contributed by atoms with Gasteiger partial charge in [0, 0.05) is 0 Å². The highest BCUT2D eigenvalue weighted by Crippen LogP contribution is 2.12. The Morgan fingerprint density at radius 2 is 2.23 bits per heavy atom. The maximum absolute atomic E-state index is 3.84. The van der Waals surface area contributed by atoms with E-state index < -0.39 is 0 Å². The van der Waals surface area contributed by atoms with Gasteiger partial charge < -0.3 is 0 Å². The molecule has 2 aromatic rings. The average Bonchev–Trinajstić information content (AvgIpc) is 2.51. The van der Waals surface area contributed by atoms with Crippen molar-refractivity contribution in [3.05, 3.63) is 34.6 Å². The molecule has 4 nitrogen and oxygen atoms in total. The van der Waals surface area contributed by atoms with E-state index in [-0.39, 0.29) is 0 Å². The van der Waals surface area contributed by atoms with Crippen LogP contribution >= 0.6 is 15.9 Å². The first kappa shape index (κ1) is 8.37. The Hall–Kier alpha value is -1.23. The van der Waals surface area contributed by atoms with Crippen LogP contribution in [-0.4, -0.2) is 20.2 Å². The number of rotatable bonds is 1. The van der Waals surface area contributed by atoms with E-state index in [0.29, 0.717) is 4.73 Å². The van der Waals surface area contributed by atoms with Gasteiger partial charge in [-0.05, 0) is 51.0 Å². The molecule has 0 atom stereocenters. The third-order valence-electron chi connectivity index (χ3n) is 1.68. The summed E-state index contributed by atoms with van der Waals surface area (Å²) in [5.74, 6) is 0. The maximum Gasteiger partial charge on any atom is 0.222 e. The first-order chi connectivity index (χ1) is 6.27. The Labute approximate surface area is 83.7 Å². The standard InChI is InChI=1S/C8H7BrN4/c1-6-3-2-4-7(5-6)13-8(9)10-11-12-13/h2-5H,1H3.